The van der Waals surface area contributed by atoms with Gasteiger partial charge in [0.2, 0.25) is 0 Å². The Morgan fingerprint density at radius 3 is 2.71 bits per heavy atom. The molecule has 17 heavy (non-hydrogen) atoms. The molecule has 0 bridgehead atoms. The van der Waals surface area contributed by atoms with Gasteiger partial charge in [-0.15, -0.1) is 0 Å². The van der Waals surface area contributed by atoms with Crippen molar-refractivity contribution in [3.05, 3.63) is 34.6 Å². The van der Waals surface area contributed by atoms with Crippen molar-refractivity contribution in [2.24, 2.45) is 17.8 Å². The SMILES string of the molecule is O=C(Cc1ccc(Cl)c(F)c1)C1C2CCCC21. The molecule has 1 aromatic carbocycles. The Morgan fingerprint density at radius 2 is 2.06 bits per heavy atom. The van der Waals surface area contributed by atoms with Gasteiger partial charge in [0.1, 0.15) is 11.6 Å². The third kappa shape index (κ3) is 1.99. The van der Waals surface area contributed by atoms with E-state index in [1.165, 1.54) is 31.4 Å². The molecule has 2 atom stereocenters. The molecule has 1 aromatic rings. The summed E-state index contributed by atoms with van der Waals surface area (Å²) >= 11 is 5.61. The van der Waals surface area contributed by atoms with Gasteiger partial charge in [0.15, 0.2) is 0 Å². The number of carbonyl (C=O) groups is 1. The summed E-state index contributed by atoms with van der Waals surface area (Å²) in [7, 11) is 0. The molecule has 0 spiro atoms. The molecule has 0 heterocycles. The molecular weight excluding hydrogens is 239 g/mol. The fourth-order valence-corrected chi connectivity index (χ4v) is 3.39. The lowest BCUT2D eigenvalue weighted by Crippen LogP contribution is -2.09. The summed E-state index contributed by atoms with van der Waals surface area (Å²) in [5, 5.41) is 0.115. The second kappa shape index (κ2) is 4.09. The smallest absolute Gasteiger partial charge is 0.142 e. The first-order valence-electron chi connectivity index (χ1n) is 6.13. The van der Waals surface area contributed by atoms with E-state index in [4.69, 9.17) is 11.6 Å². The lowest BCUT2D eigenvalue weighted by atomic mass is 10.0. The maximum atomic E-state index is 13.2. The van der Waals surface area contributed by atoms with Crippen LogP contribution in [0.3, 0.4) is 0 Å². The highest BCUT2D eigenvalue weighted by atomic mass is 35.5. The molecule has 0 N–H and O–H groups in total. The van der Waals surface area contributed by atoms with Crippen molar-refractivity contribution in [1.82, 2.24) is 0 Å². The minimum Gasteiger partial charge on any atom is -0.299 e. The monoisotopic (exact) mass is 252 g/mol. The molecule has 90 valence electrons. The van der Waals surface area contributed by atoms with Crippen molar-refractivity contribution in [3.63, 3.8) is 0 Å². The Labute approximate surface area is 105 Å². The fourth-order valence-electron chi connectivity index (χ4n) is 3.27. The minimum atomic E-state index is -0.437. The predicted octanol–water partition coefficient (Wildman–Crippen LogP) is 3.64. The van der Waals surface area contributed by atoms with Gasteiger partial charge in [-0.25, -0.2) is 4.39 Å². The zero-order valence-electron chi connectivity index (χ0n) is 9.46. The van der Waals surface area contributed by atoms with E-state index in [-0.39, 0.29) is 16.7 Å². The predicted molar refractivity (Wildman–Crippen MR) is 64.4 cm³/mol. The fraction of sp³-hybridized carbons (Fsp3) is 0.500. The zero-order valence-corrected chi connectivity index (χ0v) is 10.2. The summed E-state index contributed by atoms with van der Waals surface area (Å²) in [6.07, 6.45) is 4.03. The number of ketones is 1. The minimum absolute atomic E-state index is 0.115. The molecule has 0 radical (unpaired) electrons. The van der Waals surface area contributed by atoms with Crippen molar-refractivity contribution in [1.29, 1.82) is 0 Å². The summed E-state index contributed by atoms with van der Waals surface area (Å²) in [5.74, 6) is 1.39. The zero-order chi connectivity index (χ0) is 12.0. The van der Waals surface area contributed by atoms with Gasteiger partial charge >= 0.3 is 0 Å². The number of carbonyl (C=O) groups excluding carboxylic acids is 1. The van der Waals surface area contributed by atoms with Crippen LogP contribution in [-0.2, 0) is 11.2 Å². The van der Waals surface area contributed by atoms with Crippen LogP contribution in [0.1, 0.15) is 24.8 Å². The van der Waals surface area contributed by atoms with Gasteiger partial charge < -0.3 is 0 Å². The molecule has 1 nitrogen and oxygen atoms in total. The van der Waals surface area contributed by atoms with Crippen LogP contribution in [0.15, 0.2) is 18.2 Å². The number of hydrogen-bond donors (Lipinski definition) is 0. The number of rotatable bonds is 3. The van der Waals surface area contributed by atoms with Gasteiger partial charge in [0.25, 0.3) is 0 Å². The highest BCUT2D eigenvalue weighted by Crippen LogP contribution is 2.58. The Kier molecular flexibility index (Phi) is 2.70. The van der Waals surface area contributed by atoms with Crippen molar-refractivity contribution in [2.45, 2.75) is 25.7 Å². The van der Waals surface area contributed by atoms with Crippen molar-refractivity contribution < 1.29 is 9.18 Å². The number of halogens is 2. The first kappa shape index (κ1) is 11.2. The molecule has 0 saturated heterocycles. The molecule has 0 aliphatic heterocycles. The van der Waals surface area contributed by atoms with Crippen LogP contribution < -0.4 is 0 Å². The average Bonchev–Trinajstić information content (AvgIpc) is 2.78. The van der Waals surface area contributed by atoms with E-state index in [0.29, 0.717) is 18.3 Å². The quantitative estimate of drug-likeness (QED) is 0.803. The van der Waals surface area contributed by atoms with Crippen LogP contribution in [0.5, 0.6) is 0 Å². The van der Waals surface area contributed by atoms with E-state index in [9.17, 15) is 9.18 Å². The summed E-state index contributed by atoms with van der Waals surface area (Å²) in [4.78, 5) is 12.0. The lowest BCUT2D eigenvalue weighted by Gasteiger charge is -2.04. The van der Waals surface area contributed by atoms with E-state index in [0.717, 1.165) is 5.56 Å². The van der Waals surface area contributed by atoms with E-state index < -0.39 is 5.82 Å². The van der Waals surface area contributed by atoms with Gasteiger partial charge in [-0.1, -0.05) is 24.1 Å². The molecule has 3 rings (SSSR count). The molecule has 0 amide bonds. The van der Waals surface area contributed by atoms with Crippen LogP contribution in [0.2, 0.25) is 5.02 Å². The molecular formula is C14H14ClFO. The Morgan fingerprint density at radius 1 is 1.35 bits per heavy atom. The largest absolute Gasteiger partial charge is 0.299 e. The standard InChI is InChI=1S/C14H14ClFO/c15-11-5-4-8(6-12(11)16)7-13(17)14-9-2-1-3-10(9)14/h4-6,9-10,14H,1-3,7H2. The maximum absolute atomic E-state index is 13.2. The summed E-state index contributed by atoms with van der Waals surface area (Å²) in [5.41, 5.74) is 0.738. The Hall–Kier alpha value is -0.890. The first-order valence-corrected chi connectivity index (χ1v) is 6.51. The van der Waals surface area contributed by atoms with Gasteiger partial charge in [-0.3, -0.25) is 4.79 Å². The van der Waals surface area contributed by atoms with E-state index in [2.05, 4.69) is 0 Å². The maximum Gasteiger partial charge on any atom is 0.142 e. The summed E-state index contributed by atoms with van der Waals surface area (Å²) < 4.78 is 13.2. The first-order chi connectivity index (χ1) is 8.16. The highest BCUT2D eigenvalue weighted by molar-refractivity contribution is 6.30. The molecule has 0 aromatic heterocycles. The van der Waals surface area contributed by atoms with Gasteiger partial charge in [0.05, 0.1) is 5.02 Å². The van der Waals surface area contributed by atoms with Crippen LogP contribution in [-0.4, -0.2) is 5.78 Å². The molecule has 2 unspecified atom stereocenters. The summed E-state index contributed by atoms with van der Waals surface area (Å²) in [6.45, 7) is 0. The van der Waals surface area contributed by atoms with Gasteiger partial charge in [-0.05, 0) is 42.4 Å². The normalized spacial score (nSPS) is 30.1. The third-order valence-electron chi connectivity index (χ3n) is 4.14. The number of benzene rings is 1. The van der Waals surface area contributed by atoms with E-state index >= 15 is 0 Å². The topological polar surface area (TPSA) is 17.1 Å². The van der Waals surface area contributed by atoms with E-state index in [1.807, 2.05) is 0 Å². The van der Waals surface area contributed by atoms with E-state index in [1.54, 1.807) is 6.07 Å². The molecule has 3 heteroatoms. The third-order valence-corrected chi connectivity index (χ3v) is 4.45. The Balaban J connectivity index is 1.67. The van der Waals surface area contributed by atoms with Crippen molar-refractivity contribution >= 4 is 17.4 Å². The molecule has 2 saturated carbocycles. The molecule has 2 fully saturated rings. The molecule has 2 aliphatic carbocycles. The van der Waals surface area contributed by atoms with Crippen LogP contribution in [0.4, 0.5) is 4.39 Å². The van der Waals surface area contributed by atoms with Gasteiger partial charge in [-0.2, -0.15) is 0 Å². The number of fused-ring (bicyclic) bond motifs is 1. The second-order valence-corrected chi connectivity index (χ2v) is 5.58. The highest BCUT2D eigenvalue weighted by Gasteiger charge is 2.55. The van der Waals surface area contributed by atoms with Gasteiger partial charge in [0, 0.05) is 12.3 Å². The van der Waals surface area contributed by atoms with Crippen molar-refractivity contribution in [2.75, 3.05) is 0 Å². The van der Waals surface area contributed by atoms with Crippen LogP contribution in [0.25, 0.3) is 0 Å². The number of hydrogen-bond acceptors (Lipinski definition) is 1. The van der Waals surface area contributed by atoms with Crippen LogP contribution >= 0.6 is 11.6 Å². The summed E-state index contributed by atoms with van der Waals surface area (Å²) in [6, 6.07) is 4.63. The number of Topliss-reactive ketones (excluding diaryl/α,β-unsaturated/α-hetero) is 1. The lowest BCUT2D eigenvalue weighted by molar-refractivity contribution is -0.120. The van der Waals surface area contributed by atoms with Crippen LogP contribution in [0, 0.1) is 23.6 Å². The Bertz CT molecular complexity index is 461. The average molecular weight is 253 g/mol. The van der Waals surface area contributed by atoms with Crippen molar-refractivity contribution in [3.8, 4) is 0 Å². The second-order valence-electron chi connectivity index (χ2n) is 5.18. The molecule has 2 aliphatic rings.